The van der Waals surface area contributed by atoms with E-state index in [0.717, 1.165) is 73.5 Å². The minimum Gasteiger partial charge on any atom is -0.381 e. The summed E-state index contributed by atoms with van der Waals surface area (Å²) in [7, 11) is 0. The first-order valence-corrected chi connectivity index (χ1v) is 9.05. The highest BCUT2D eigenvalue weighted by Gasteiger charge is 2.28. The second-order valence-corrected chi connectivity index (χ2v) is 7.01. The smallest absolute Gasteiger partial charge is 0.158 e. The molecular formula is C18H21N7O. The summed E-state index contributed by atoms with van der Waals surface area (Å²) in [6.45, 7) is 7.07. The molecule has 0 amide bonds. The van der Waals surface area contributed by atoms with Crippen LogP contribution in [0, 0.1) is 13.8 Å². The molecule has 1 fully saturated rings. The van der Waals surface area contributed by atoms with Gasteiger partial charge in [-0.15, -0.1) is 0 Å². The van der Waals surface area contributed by atoms with Crippen LogP contribution in [0.3, 0.4) is 0 Å². The molecule has 26 heavy (non-hydrogen) atoms. The van der Waals surface area contributed by atoms with Gasteiger partial charge >= 0.3 is 0 Å². The summed E-state index contributed by atoms with van der Waals surface area (Å²) >= 11 is 0. The van der Waals surface area contributed by atoms with E-state index in [1.165, 1.54) is 5.56 Å². The van der Waals surface area contributed by atoms with Crippen LogP contribution in [0.4, 0.5) is 5.82 Å². The molecule has 3 aromatic rings. The van der Waals surface area contributed by atoms with Crippen molar-refractivity contribution < 1.29 is 4.74 Å². The van der Waals surface area contributed by atoms with E-state index in [1.54, 1.807) is 6.33 Å². The van der Waals surface area contributed by atoms with Crippen molar-refractivity contribution in [3.63, 3.8) is 0 Å². The Morgan fingerprint density at radius 3 is 2.96 bits per heavy atom. The van der Waals surface area contributed by atoms with Crippen LogP contribution >= 0.6 is 0 Å². The van der Waals surface area contributed by atoms with Crippen LogP contribution < -0.4 is 4.90 Å². The highest BCUT2D eigenvalue weighted by molar-refractivity contribution is 5.73. The maximum Gasteiger partial charge on any atom is 0.158 e. The van der Waals surface area contributed by atoms with Gasteiger partial charge in [0.2, 0.25) is 0 Å². The van der Waals surface area contributed by atoms with Crippen LogP contribution in [0.25, 0.3) is 5.52 Å². The third-order valence-electron chi connectivity index (χ3n) is 5.27. The number of aryl methyl sites for hydroxylation is 2. The van der Waals surface area contributed by atoms with Gasteiger partial charge in [0.05, 0.1) is 18.0 Å². The molecule has 0 unspecified atom stereocenters. The van der Waals surface area contributed by atoms with Gasteiger partial charge in [-0.3, -0.25) is 0 Å². The molecule has 1 saturated heterocycles. The zero-order valence-corrected chi connectivity index (χ0v) is 15.0. The highest BCUT2D eigenvalue weighted by Crippen LogP contribution is 2.33. The average molecular weight is 351 g/mol. The first-order chi connectivity index (χ1) is 12.7. The lowest BCUT2D eigenvalue weighted by atomic mass is 10.0. The summed E-state index contributed by atoms with van der Waals surface area (Å²) in [6, 6.07) is 0. The van der Waals surface area contributed by atoms with E-state index in [2.05, 4.69) is 25.0 Å². The molecular weight excluding hydrogens is 330 g/mol. The van der Waals surface area contributed by atoms with E-state index >= 15 is 0 Å². The topological polar surface area (TPSA) is 81.3 Å². The van der Waals surface area contributed by atoms with Crippen LogP contribution in [-0.2, 0) is 17.7 Å². The van der Waals surface area contributed by atoms with Gasteiger partial charge in [-0.2, -0.15) is 5.10 Å². The molecule has 5 rings (SSSR count). The van der Waals surface area contributed by atoms with E-state index in [-0.39, 0.29) is 0 Å². The van der Waals surface area contributed by atoms with Crippen LogP contribution in [-0.4, -0.2) is 49.3 Å². The van der Waals surface area contributed by atoms with Crippen molar-refractivity contribution in [1.29, 1.82) is 0 Å². The Kier molecular flexibility index (Phi) is 3.59. The van der Waals surface area contributed by atoms with Gasteiger partial charge in [-0.1, -0.05) is 0 Å². The fourth-order valence-electron chi connectivity index (χ4n) is 3.95. The van der Waals surface area contributed by atoms with Crippen LogP contribution in [0.15, 0.2) is 12.5 Å². The maximum absolute atomic E-state index is 5.59. The molecule has 0 radical (unpaired) electrons. The molecule has 0 aromatic carbocycles. The summed E-state index contributed by atoms with van der Waals surface area (Å²) in [6.07, 6.45) is 5.45. The summed E-state index contributed by atoms with van der Waals surface area (Å²) in [5.41, 5.74) is 4.38. The van der Waals surface area contributed by atoms with Crippen molar-refractivity contribution in [3.8, 4) is 0 Å². The molecule has 0 N–H and O–H groups in total. The Hall–Kier alpha value is -2.61. The quantitative estimate of drug-likeness (QED) is 0.693. The summed E-state index contributed by atoms with van der Waals surface area (Å²) in [5, 5.41) is 4.44. The van der Waals surface area contributed by atoms with E-state index in [0.29, 0.717) is 5.92 Å². The second kappa shape index (κ2) is 5.98. The molecule has 2 aliphatic rings. The molecule has 3 aromatic heterocycles. The number of aromatic nitrogens is 6. The molecule has 5 heterocycles. The molecule has 0 spiro atoms. The van der Waals surface area contributed by atoms with Crippen molar-refractivity contribution in [3.05, 3.63) is 41.1 Å². The summed E-state index contributed by atoms with van der Waals surface area (Å²) in [4.78, 5) is 20.7. The molecule has 0 bridgehead atoms. The van der Waals surface area contributed by atoms with Crippen molar-refractivity contribution in [2.24, 2.45) is 0 Å². The first kappa shape index (κ1) is 15.6. The summed E-state index contributed by atoms with van der Waals surface area (Å²) in [5.74, 6) is 2.97. The van der Waals surface area contributed by atoms with Crippen molar-refractivity contribution in [2.45, 2.75) is 39.2 Å². The van der Waals surface area contributed by atoms with E-state index in [1.807, 2.05) is 24.6 Å². The number of hydrogen-bond donors (Lipinski definition) is 0. The molecule has 1 atom stereocenters. The Labute approximate surface area is 151 Å². The Bertz CT molecular complexity index is 977. The lowest BCUT2D eigenvalue weighted by Gasteiger charge is -2.29. The Morgan fingerprint density at radius 2 is 2.12 bits per heavy atom. The van der Waals surface area contributed by atoms with Gasteiger partial charge in [-0.25, -0.2) is 24.5 Å². The normalized spacial score (nSPS) is 19.9. The van der Waals surface area contributed by atoms with Gasteiger partial charge in [0.15, 0.2) is 5.82 Å². The Morgan fingerprint density at radius 1 is 1.19 bits per heavy atom. The third-order valence-corrected chi connectivity index (χ3v) is 5.27. The predicted octanol–water partition coefficient (Wildman–Crippen LogP) is 1.60. The SMILES string of the molecule is Cc1ncc2c(n1)CCN(c1ncnn3c(C)nc([C@@H]4CCOC4)c13)C2. The van der Waals surface area contributed by atoms with Gasteiger partial charge in [0, 0.05) is 43.8 Å². The largest absolute Gasteiger partial charge is 0.381 e. The standard InChI is InChI=1S/C18H21N7O/c1-11-19-7-14-8-24(5-3-15(14)22-11)18-17-16(13-4-6-26-9-13)23-12(2)25(17)21-10-20-18/h7,10,13H,3-6,8-9H2,1-2H3/t13-/m1/s1. The second-order valence-electron chi connectivity index (χ2n) is 7.01. The number of anilines is 1. The molecule has 134 valence electrons. The zero-order chi connectivity index (χ0) is 17.7. The van der Waals surface area contributed by atoms with Gasteiger partial charge in [0.25, 0.3) is 0 Å². The minimum atomic E-state index is 0.312. The monoisotopic (exact) mass is 351 g/mol. The van der Waals surface area contributed by atoms with Crippen molar-refractivity contribution >= 4 is 11.3 Å². The fraction of sp³-hybridized carbons (Fsp3) is 0.500. The molecule has 8 nitrogen and oxygen atoms in total. The number of fused-ring (bicyclic) bond motifs is 2. The fourth-order valence-corrected chi connectivity index (χ4v) is 3.95. The summed E-state index contributed by atoms with van der Waals surface area (Å²) < 4.78 is 7.51. The third kappa shape index (κ3) is 2.44. The molecule has 2 aliphatic heterocycles. The first-order valence-electron chi connectivity index (χ1n) is 9.05. The lowest BCUT2D eigenvalue weighted by Crippen LogP contribution is -2.32. The molecule has 8 heteroatoms. The number of ether oxygens (including phenoxy) is 1. The van der Waals surface area contributed by atoms with Crippen molar-refractivity contribution in [1.82, 2.24) is 29.5 Å². The van der Waals surface area contributed by atoms with Gasteiger partial charge in [-0.05, 0) is 20.3 Å². The molecule has 0 saturated carbocycles. The van der Waals surface area contributed by atoms with E-state index in [9.17, 15) is 0 Å². The van der Waals surface area contributed by atoms with E-state index in [4.69, 9.17) is 9.72 Å². The van der Waals surface area contributed by atoms with Crippen LogP contribution in [0.5, 0.6) is 0 Å². The molecule has 0 aliphatic carbocycles. The minimum absolute atomic E-state index is 0.312. The highest BCUT2D eigenvalue weighted by atomic mass is 16.5. The number of nitrogens with zero attached hydrogens (tertiary/aromatic N) is 7. The van der Waals surface area contributed by atoms with E-state index < -0.39 is 0 Å². The number of imidazole rings is 1. The predicted molar refractivity (Wildman–Crippen MR) is 95.2 cm³/mol. The number of hydrogen-bond acceptors (Lipinski definition) is 7. The van der Waals surface area contributed by atoms with Crippen LogP contribution in [0.1, 0.15) is 40.9 Å². The van der Waals surface area contributed by atoms with Gasteiger partial charge in [0.1, 0.15) is 23.5 Å². The number of rotatable bonds is 2. The van der Waals surface area contributed by atoms with Crippen LogP contribution in [0.2, 0.25) is 0 Å². The Balaban J connectivity index is 1.60. The zero-order valence-electron chi connectivity index (χ0n) is 15.0. The maximum atomic E-state index is 5.59. The van der Waals surface area contributed by atoms with Crippen molar-refractivity contribution in [2.75, 3.05) is 24.7 Å². The average Bonchev–Trinajstić information content (AvgIpc) is 3.29. The lowest BCUT2D eigenvalue weighted by molar-refractivity contribution is 0.193. The van der Waals surface area contributed by atoms with Gasteiger partial charge < -0.3 is 9.64 Å².